The molecule has 1 fully saturated rings. The van der Waals surface area contributed by atoms with Gasteiger partial charge in [0.1, 0.15) is 6.04 Å². The highest BCUT2D eigenvalue weighted by molar-refractivity contribution is 7.92. The fraction of sp³-hybridized carbons (Fsp3) is 0.364. The summed E-state index contributed by atoms with van der Waals surface area (Å²) in [6.07, 6.45) is 1.25. The lowest BCUT2D eigenvalue weighted by Gasteiger charge is -2.31. The maximum atomic E-state index is 13.2. The number of morpholine rings is 1. The molecule has 2 aromatic rings. The Morgan fingerprint density at radius 3 is 2.47 bits per heavy atom. The van der Waals surface area contributed by atoms with E-state index < -0.39 is 22.0 Å². The Balaban J connectivity index is 1.90. The minimum absolute atomic E-state index is 0.213. The molecular formula is C22H26ClN3O5S. The van der Waals surface area contributed by atoms with Gasteiger partial charge in [0.2, 0.25) is 15.9 Å². The summed E-state index contributed by atoms with van der Waals surface area (Å²) in [5, 5.41) is 3.12. The summed E-state index contributed by atoms with van der Waals surface area (Å²) >= 11 is 6.05. The van der Waals surface area contributed by atoms with Crippen molar-refractivity contribution >= 4 is 44.8 Å². The molecule has 8 nitrogen and oxygen atoms in total. The second-order valence-corrected chi connectivity index (χ2v) is 9.70. The molecule has 32 heavy (non-hydrogen) atoms. The quantitative estimate of drug-likeness (QED) is 0.658. The summed E-state index contributed by atoms with van der Waals surface area (Å²) in [4.78, 5) is 27.9. The number of carbonyl (C=O) groups is 2. The van der Waals surface area contributed by atoms with Crippen LogP contribution < -0.4 is 9.62 Å². The maximum Gasteiger partial charge on any atom is 0.256 e. The van der Waals surface area contributed by atoms with E-state index in [1.807, 2.05) is 0 Å². The van der Waals surface area contributed by atoms with Crippen molar-refractivity contribution in [1.82, 2.24) is 4.90 Å². The lowest BCUT2D eigenvalue weighted by Crippen LogP contribution is -2.47. The Kier molecular flexibility index (Phi) is 7.76. The highest BCUT2D eigenvalue weighted by atomic mass is 35.5. The molecule has 10 heteroatoms. The Hall–Kier alpha value is -2.62. The molecule has 0 aromatic heterocycles. The Labute approximate surface area is 193 Å². The molecule has 1 aliphatic heterocycles. The van der Waals surface area contributed by atoms with Crippen molar-refractivity contribution in [2.24, 2.45) is 0 Å². The third-order valence-electron chi connectivity index (χ3n) is 5.11. The average molecular weight is 480 g/mol. The number of halogens is 1. The van der Waals surface area contributed by atoms with Crippen LogP contribution in [0, 0.1) is 0 Å². The van der Waals surface area contributed by atoms with Crippen LogP contribution in [0.2, 0.25) is 5.02 Å². The molecule has 0 spiro atoms. The minimum Gasteiger partial charge on any atom is -0.378 e. The number of rotatable bonds is 7. The summed E-state index contributed by atoms with van der Waals surface area (Å²) in [6, 6.07) is 12.0. The molecule has 0 radical (unpaired) electrons. The van der Waals surface area contributed by atoms with Gasteiger partial charge in [-0.3, -0.25) is 13.9 Å². The first-order chi connectivity index (χ1) is 15.2. The van der Waals surface area contributed by atoms with Crippen molar-refractivity contribution in [3.05, 3.63) is 59.1 Å². The van der Waals surface area contributed by atoms with Gasteiger partial charge >= 0.3 is 0 Å². The zero-order valence-corrected chi connectivity index (χ0v) is 19.5. The number of sulfonamides is 1. The van der Waals surface area contributed by atoms with Gasteiger partial charge in [0.05, 0.1) is 36.4 Å². The first-order valence-corrected chi connectivity index (χ1v) is 12.5. The van der Waals surface area contributed by atoms with Crippen molar-refractivity contribution in [2.75, 3.05) is 42.2 Å². The minimum atomic E-state index is -3.80. The van der Waals surface area contributed by atoms with Crippen LogP contribution in [0.5, 0.6) is 0 Å². The van der Waals surface area contributed by atoms with E-state index in [1.54, 1.807) is 54.3 Å². The van der Waals surface area contributed by atoms with Gasteiger partial charge in [-0.1, -0.05) is 36.7 Å². The van der Waals surface area contributed by atoms with Crippen LogP contribution in [-0.2, 0) is 19.6 Å². The first-order valence-electron chi connectivity index (χ1n) is 10.2. The number of amides is 2. The van der Waals surface area contributed by atoms with Crippen molar-refractivity contribution in [1.29, 1.82) is 0 Å². The molecule has 0 aliphatic carbocycles. The van der Waals surface area contributed by atoms with Gasteiger partial charge in [-0.25, -0.2) is 8.42 Å². The Morgan fingerprint density at radius 1 is 1.16 bits per heavy atom. The standard InChI is InChI=1S/C22H26ClN3O5S/c1-3-20(26(32(2,29)30)17-8-6-7-16(23)15-17)21(27)24-19-10-5-4-9-18(19)22(28)25-11-13-31-14-12-25/h4-10,15,20H,3,11-14H2,1-2H3,(H,24,27)/t20-/m1/s1. The molecule has 3 rings (SSSR count). The molecule has 0 unspecified atom stereocenters. The fourth-order valence-corrected chi connectivity index (χ4v) is 4.99. The van der Waals surface area contributed by atoms with Crippen molar-refractivity contribution in [3.63, 3.8) is 0 Å². The van der Waals surface area contributed by atoms with Crippen LogP contribution in [0.4, 0.5) is 11.4 Å². The van der Waals surface area contributed by atoms with E-state index in [1.165, 1.54) is 6.07 Å². The summed E-state index contributed by atoms with van der Waals surface area (Å²) < 4.78 is 31.6. The van der Waals surface area contributed by atoms with Crippen LogP contribution in [0.1, 0.15) is 23.7 Å². The third-order valence-corrected chi connectivity index (χ3v) is 6.52. The number of nitrogens with one attached hydrogen (secondary N) is 1. The number of benzene rings is 2. The maximum absolute atomic E-state index is 13.2. The zero-order valence-electron chi connectivity index (χ0n) is 18.0. The Morgan fingerprint density at radius 2 is 1.84 bits per heavy atom. The van der Waals surface area contributed by atoms with E-state index in [0.29, 0.717) is 48.3 Å². The summed E-state index contributed by atoms with van der Waals surface area (Å²) in [6.45, 7) is 3.57. The van der Waals surface area contributed by atoms with E-state index in [2.05, 4.69) is 5.32 Å². The van der Waals surface area contributed by atoms with E-state index in [0.717, 1.165) is 10.6 Å². The second-order valence-electron chi connectivity index (χ2n) is 7.40. The average Bonchev–Trinajstić information content (AvgIpc) is 2.77. The molecule has 1 N–H and O–H groups in total. The van der Waals surface area contributed by atoms with Crippen LogP contribution in [0.15, 0.2) is 48.5 Å². The van der Waals surface area contributed by atoms with Crippen LogP contribution >= 0.6 is 11.6 Å². The molecule has 1 atom stereocenters. The van der Waals surface area contributed by atoms with Crippen molar-refractivity contribution in [2.45, 2.75) is 19.4 Å². The van der Waals surface area contributed by atoms with Crippen molar-refractivity contribution in [3.8, 4) is 0 Å². The molecule has 1 saturated heterocycles. The van der Waals surface area contributed by atoms with Gasteiger partial charge in [-0.05, 0) is 36.8 Å². The molecule has 172 valence electrons. The number of nitrogens with zero attached hydrogens (tertiary/aromatic N) is 2. The summed E-state index contributed by atoms with van der Waals surface area (Å²) in [7, 11) is -3.80. The zero-order chi connectivity index (χ0) is 23.3. The van der Waals surface area contributed by atoms with Gasteiger partial charge in [0.25, 0.3) is 5.91 Å². The predicted molar refractivity (Wildman–Crippen MR) is 125 cm³/mol. The summed E-state index contributed by atoms with van der Waals surface area (Å²) in [5.41, 5.74) is 0.956. The third kappa shape index (κ3) is 5.59. The topological polar surface area (TPSA) is 96.0 Å². The predicted octanol–water partition coefficient (Wildman–Crippen LogP) is 3.00. The van der Waals surface area contributed by atoms with E-state index >= 15 is 0 Å². The highest BCUT2D eigenvalue weighted by Gasteiger charge is 2.32. The molecule has 1 heterocycles. The molecular weight excluding hydrogens is 454 g/mol. The number of ether oxygens (including phenoxy) is 1. The van der Waals surface area contributed by atoms with Gasteiger partial charge in [0, 0.05) is 18.1 Å². The van der Waals surface area contributed by atoms with Crippen LogP contribution in [0.3, 0.4) is 0 Å². The number of hydrogen-bond acceptors (Lipinski definition) is 5. The normalized spacial score (nSPS) is 15.2. The largest absolute Gasteiger partial charge is 0.378 e. The van der Waals surface area contributed by atoms with Crippen LogP contribution in [-0.4, -0.2) is 63.7 Å². The number of carbonyl (C=O) groups excluding carboxylic acids is 2. The molecule has 2 amide bonds. The van der Waals surface area contributed by atoms with E-state index in [9.17, 15) is 18.0 Å². The van der Waals surface area contributed by atoms with E-state index in [4.69, 9.17) is 16.3 Å². The monoisotopic (exact) mass is 479 g/mol. The van der Waals surface area contributed by atoms with Crippen molar-refractivity contribution < 1.29 is 22.7 Å². The lowest BCUT2D eigenvalue weighted by atomic mass is 10.1. The van der Waals surface area contributed by atoms with E-state index in [-0.39, 0.29) is 12.3 Å². The second kappa shape index (κ2) is 10.3. The molecule has 1 aliphatic rings. The SMILES string of the molecule is CC[C@H](C(=O)Nc1ccccc1C(=O)N1CCOCC1)N(c1cccc(Cl)c1)S(C)(=O)=O. The smallest absolute Gasteiger partial charge is 0.256 e. The lowest BCUT2D eigenvalue weighted by molar-refractivity contribution is -0.117. The number of para-hydroxylation sites is 1. The molecule has 2 aromatic carbocycles. The molecule has 0 saturated carbocycles. The van der Waals surface area contributed by atoms with Gasteiger partial charge in [0.15, 0.2) is 0 Å². The Bertz CT molecular complexity index is 1090. The summed E-state index contributed by atoms with van der Waals surface area (Å²) in [5.74, 6) is -0.757. The van der Waals surface area contributed by atoms with Gasteiger partial charge < -0.3 is 15.0 Å². The fourth-order valence-electron chi connectivity index (χ4n) is 3.60. The highest BCUT2D eigenvalue weighted by Crippen LogP contribution is 2.27. The van der Waals surface area contributed by atoms with Crippen LogP contribution in [0.25, 0.3) is 0 Å². The van der Waals surface area contributed by atoms with Gasteiger partial charge in [-0.2, -0.15) is 0 Å². The number of hydrogen-bond donors (Lipinski definition) is 1. The number of anilines is 2. The first kappa shape index (κ1) is 24.0. The van der Waals surface area contributed by atoms with Gasteiger partial charge in [-0.15, -0.1) is 0 Å². The molecule has 0 bridgehead atoms.